The fraction of sp³-hybridized carbons (Fsp3) is 0.538. The summed E-state index contributed by atoms with van der Waals surface area (Å²) in [5.74, 6) is -0.114. The normalized spacial score (nSPS) is 11.9. The zero-order chi connectivity index (χ0) is 13.8. The summed E-state index contributed by atoms with van der Waals surface area (Å²) in [7, 11) is 0. The number of aryl methyl sites for hydroxylation is 1. The van der Waals surface area contributed by atoms with Crippen LogP contribution < -0.4 is 4.74 Å². The molecule has 1 rings (SSSR count). The van der Waals surface area contributed by atoms with Gasteiger partial charge in [0.2, 0.25) is 0 Å². The highest BCUT2D eigenvalue weighted by Crippen LogP contribution is 2.37. The predicted octanol–water partition coefficient (Wildman–Crippen LogP) is 3.82. The second kappa shape index (κ2) is 6.09. The first-order valence-corrected chi connectivity index (χ1v) is 5.73. The van der Waals surface area contributed by atoms with E-state index in [1.807, 2.05) is 13.8 Å². The molecule has 0 unspecified atom stereocenters. The molecule has 2 nitrogen and oxygen atoms in total. The second-order valence-corrected chi connectivity index (χ2v) is 4.22. The van der Waals surface area contributed by atoms with Crippen LogP contribution in [0.15, 0.2) is 18.2 Å². The first-order valence-electron chi connectivity index (χ1n) is 5.73. The van der Waals surface area contributed by atoms with E-state index in [9.17, 15) is 13.2 Å². The minimum Gasteiger partial charge on any atom is -0.490 e. The molecule has 0 saturated heterocycles. The van der Waals surface area contributed by atoms with Gasteiger partial charge in [0, 0.05) is 0 Å². The molecular weight excluding hydrogens is 245 g/mol. The van der Waals surface area contributed by atoms with E-state index in [2.05, 4.69) is 0 Å². The molecule has 0 spiro atoms. The summed E-state index contributed by atoms with van der Waals surface area (Å²) in [6.07, 6.45) is -4.37. The molecule has 5 heteroatoms. The minimum absolute atomic E-state index is 0.0348. The van der Waals surface area contributed by atoms with Crippen LogP contribution in [0.2, 0.25) is 0 Å². The smallest absolute Gasteiger partial charge is 0.419 e. The Labute approximate surface area is 105 Å². The molecule has 0 fully saturated rings. The van der Waals surface area contributed by atoms with E-state index >= 15 is 0 Å². The monoisotopic (exact) mass is 262 g/mol. The van der Waals surface area contributed by atoms with Gasteiger partial charge in [0.05, 0.1) is 18.3 Å². The lowest BCUT2D eigenvalue weighted by atomic mass is 10.1. The van der Waals surface area contributed by atoms with Gasteiger partial charge in [0.15, 0.2) is 0 Å². The molecule has 1 aromatic carbocycles. The SMILES string of the molecule is Cc1cccc(C(F)(F)F)c1OCCOC(C)C. The van der Waals surface area contributed by atoms with Crippen LogP contribution in [0.1, 0.15) is 25.0 Å². The number of halogens is 3. The molecule has 0 amide bonds. The maximum Gasteiger partial charge on any atom is 0.419 e. The summed E-state index contributed by atoms with van der Waals surface area (Å²) in [4.78, 5) is 0. The van der Waals surface area contributed by atoms with E-state index in [1.165, 1.54) is 6.07 Å². The van der Waals surface area contributed by atoms with Crippen LogP contribution in [-0.4, -0.2) is 19.3 Å². The van der Waals surface area contributed by atoms with Crippen molar-refractivity contribution in [2.45, 2.75) is 33.1 Å². The summed E-state index contributed by atoms with van der Waals surface area (Å²) in [5, 5.41) is 0. The average molecular weight is 262 g/mol. The fourth-order valence-corrected chi connectivity index (χ4v) is 1.49. The lowest BCUT2D eigenvalue weighted by Crippen LogP contribution is -2.15. The van der Waals surface area contributed by atoms with Crippen molar-refractivity contribution in [3.05, 3.63) is 29.3 Å². The number of hydrogen-bond acceptors (Lipinski definition) is 2. The van der Waals surface area contributed by atoms with E-state index in [0.717, 1.165) is 6.07 Å². The Hall–Kier alpha value is -1.23. The molecule has 18 heavy (non-hydrogen) atoms. The average Bonchev–Trinajstić information content (AvgIpc) is 2.24. The van der Waals surface area contributed by atoms with Gasteiger partial charge in [-0.3, -0.25) is 0 Å². The Kier molecular flexibility index (Phi) is 5.02. The molecule has 0 aliphatic heterocycles. The number of hydrogen-bond donors (Lipinski definition) is 0. The second-order valence-electron chi connectivity index (χ2n) is 4.22. The maximum atomic E-state index is 12.8. The Morgan fingerprint density at radius 3 is 2.39 bits per heavy atom. The van der Waals surface area contributed by atoms with Gasteiger partial charge < -0.3 is 9.47 Å². The Bertz CT molecular complexity index is 386. The summed E-state index contributed by atoms with van der Waals surface area (Å²) in [6.45, 7) is 5.67. The van der Waals surface area contributed by atoms with Crippen molar-refractivity contribution in [2.75, 3.05) is 13.2 Å². The van der Waals surface area contributed by atoms with Crippen molar-refractivity contribution in [3.8, 4) is 5.75 Å². The molecule has 0 radical (unpaired) electrons. The van der Waals surface area contributed by atoms with Gasteiger partial charge in [0.25, 0.3) is 0 Å². The summed E-state index contributed by atoms with van der Waals surface area (Å²) in [6, 6.07) is 3.98. The molecule has 0 aromatic heterocycles. The highest BCUT2D eigenvalue weighted by atomic mass is 19.4. The topological polar surface area (TPSA) is 18.5 Å². The maximum absolute atomic E-state index is 12.8. The predicted molar refractivity (Wildman–Crippen MR) is 62.8 cm³/mol. The molecule has 0 bridgehead atoms. The van der Waals surface area contributed by atoms with Gasteiger partial charge in [-0.25, -0.2) is 0 Å². The van der Waals surface area contributed by atoms with Crippen LogP contribution in [0.5, 0.6) is 5.75 Å². The zero-order valence-corrected chi connectivity index (χ0v) is 10.7. The molecule has 0 saturated carbocycles. The van der Waals surface area contributed by atoms with E-state index in [0.29, 0.717) is 5.56 Å². The van der Waals surface area contributed by atoms with Crippen LogP contribution in [0, 0.1) is 6.92 Å². The third-order valence-electron chi connectivity index (χ3n) is 2.30. The van der Waals surface area contributed by atoms with Crippen LogP contribution in [-0.2, 0) is 10.9 Å². The van der Waals surface area contributed by atoms with Gasteiger partial charge in [-0.2, -0.15) is 13.2 Å². The molecule has 0 atom stereocenters. The fourth-order valence-electron chi connectivity index (χ4n) is 1.49. The summed E-state index contributed by atoms with van der Waals surface area (Å²) >= 11 is 0. The Balaban J connectivity index is 2.75. The molecule has 1 aromatic rings. The van der Waals surface area contributed by atoms with Crippen molar-refractivity contribution in [3.63, 3.8) is 0 Å². The molecule has 0 aliphatic rings. The number of alkyl halides is 3. The first-order chi connectivity index (χ1) is 8.32. The quantitative estimate of drug-likeness (QED) is 0.751. The van der Waals surface area contributed by atoms with Crippen molar-refractivity contribution in [1.82, 2.24) is 0 Å². The largest absolute Gasteiger partial charge is 0.490 e. The highest BCUT2D eigenvalue weighted by molar-refractivity contribution is 5.42. The van der Waals surface area contributed by atoms with E-state index in [-0.39, 0.29) is 25.1 Å². The molecule has 0 N–H and O–H groups in total. The zero-order valence-electron chi connectivity index (χ0n) is 10.7. The van der Waals surface area contributed by atoms with Gasteiger partial charge in [-0.15, -0.1) is 0 Å². The molecule has 0 aliphatic carbocycles. The lowest BCUT2D eigenvalue weighted by Gasteiger charge is -2.16. The van der Waals surface area contributed by atoms with Crippen molar-refractivity contribution in [2.24, 2.45) is 0 Å². The van der Waals surface area contributed by atoms with Crippen LogP contribution in [0.3, 0.4) is 0 Å². The molecule has 102 valence electrons. The standard InChI is InChI=1S/C13H17F3O2/c1-9(2)17-7-8-18-12-10(3)5-4-6-11(12)13(14,15)16/h4-6,9H,7-8H2,1-3H3. The Morgan fingerprint density at radius 1 is 1.17 bits per heavy atom. The van der Waals surface area contributed by atoms with Gasteiger partial charge in [-0.05, 0) is 32.4 Å². The van der Waals surface area contributed by atoms with E-state index < -0.39 is 11.7 Å². The van der Waals surface area contributed by atoms with Crippen LogP contribution in [0.4, 0.5) is 13.2 Å². The summed E-state index contributed by atoms with van der Waals surface area (Å²) in [5.41, 5.74) is -0.276. The number of rotatable bonds is 5. The highest BCUT2D eigenvalue weighted by Gasteiger charge is 2.34. The minimum atomic E-state index is -4.40. The van der Waals surface area contributed by atoms with Gasteiger partial charge in [0.1, 0.15) is 12.4 Å². The van der Waals surface area contributed by atoms with Crippen molar-refractivity contribution in [1.29, 1.82) is 0 Å². The third kappa shape index (κ3) is 4.22. The van der Waals surface area contributed by atoms with Crippen molar-refractivity contribution < 1.29 is 22.6 Å². The first kappa shape index (κ1) is 14.8. The number of ether oxygens (including phenoxy) is 2. The van der Waals surface area contributed by atoms with Crippen LogP contribution >= 0.6 is 0 Å². The lowest BCUT2D eigenvalue weighted by molar-refractivity contribution is -0.139. The number of benzene rings is 1. The van der Waals surface area contributed by atoms with E-state index in [1.54, 1.807) is 13.0 Å². The van der Waals surface area contributed by atoms with Gasteiger partial charge in [-0.1, -0.05) is 12.1 Å². The van der Waals surface area contributed by atoms with Crippen LogP contribution in [0.25, 0.3) is 0 Å². The van der Waals surface area contributed by atoms with E-state index in [4.69, 9.17) is 9.47 Å². The number of para-hydroxylation sites is 1. The third-order valence-corrected chi connectivity index (χ3v) is 2.30. The molecule has 0 heterocycles. The van der Waals surface area contributed by atoms with Crippen molar-refractivity contribution >= 4 is 0 Å². The summed E-state index contributed by atoms with van der Waals surface area (Å²) < 4.78 is 48.7. The molecular formula is C13H17F3O2. The Morgan fingerprint density at radius 2 is 1.83 bits per heavy atom. The van der Waals surface area contributed by atoms with Gasteiger partial charge >= 0.3 is 6.18 Å².